The van der Waals surface area contributed by atoms with Crippen molar-refractivity contribution in [3.8, 4) is 5.75 Å². The third kappa shape index (κ3) is 3.89. The number of hydrogen-bond donors (Lipinski definition) is 0. The van der Waals surface area contributed by atoms with Crippen LogP contribution in [-0.2, 0) is 4.74 Å². The van der Waals surface area contributed by atoms with Crippen LogP contribution in [0.25, 0.3) is 0 Å². The Hall–Kier alpha value is -2.59. The second-order valence-electron chi connectivity index (χ2n) is 7.17. The molecule has 1 saturated heterocycles. The number of aromatic nitrogens is 3. The quantitative estimate of drug-likeness (QED) is 0.712. The van der Waals surface area contributed by atoms with Gasteiger partial charge in [-0.05, 0) is 31.5 Å². The third-order valence-electron chi connectivity index (χ3n) is 5.35. The first-order chi connectivity index (χ1) is 14.5. The molecule has 1 aromatic carbocycles. The van der Waals surface area contributed by atoms with Gasteiger partial charge in [-0.1, -0.05) is 23.9 Å². The summed E-state index contributed by atoms with van der Waals surface area (Å²) in [6.45, 7) is 6.35. The summed E-state index contributed by atoms with van der Waals surface area (Å²) in [5.74, 6) is 1.29. The predicted molar refractivity (Wildman–Crippen MR) is 111 cm³/mol. The van der Waals surface area contributed by atoms with Crippen molar-refractivity contribution in [1.29, 1.82) is 0 Å². The van der Waals surface area contributed by atoms with E-state index in [0.29, 0.717) is 43.8 Å². The molecule has 2 aliphatic heterocycles. The SMILES string of the molecule is CCOC(=O)N1CCN(C(c2ccc(OC)cc2)C2Sc3nc(C)nn3C2=O)CC1. The lowest BCUT2D eigenvalue weighted by Crippen LogP contribution is -2.52. The van der Waals surface area contributed by atoms with E-state index in [1.54, 1.807) is 25.9 Å². The van der Waals surface area contributed by atoms with E-state index in [1.165, 1.54) is 16.4 Å². The van der Waals surface area contributed by atoms with Crippen LogP contribution in [0.15, 0.2) is 29.4 Å². The lowest BCUT2D eigenvalue weighted by atomic mass is 10.00. The highest BCUT2D eigenvalue weighted by Crippen LogP contribution is 2.41. The Labute approximate surface area is 179 Å². The summed E-state index contributed by atoms with van der Waals surface area (Å²) in [4.78, 5) is 33.6. The van der Waals surface area contributed by atoms with Gasteiger partial charge in [-0.25, -0.2) is 9.78 Å². The molecule has 3 heterocycles. The maximum absolute atomic E-state index is 13.2. The summed E-state index contributed by atoms with van der Waals surface area (Å²) in [6, 6.07) is 7.63. The number of nitrogens with zero attached hydrogens (tertiary/aromatic N) is 5. The molecule has 2 atom stereocenters. The minimum atomic E-state index is -0.358. The Morgan fingerprint density at radius 3 is 2.53 bits per heavy atom. The molecule has 2 aliphatic rings. The van der Waals surface area contributed by atoms with Gasteiger partial charge >= 0.3 is 6.09 Å². The monoisotopic (exact) mass is 431 g/mol. The molecular weight excluding hydrogens is 406 g/mol. The Kier molecular flexibility index (Phi) is 5.96. The van der Waals surface area contributed by atoms with Gasteiger partial charge in [-0.3, -0.25) is 9.69 Å². The van der Waals surface area contributed by atoms with Gasteiger partial charge in [-0.2, -0.15) is 4.68 Å². The third-order valence-corrected chi connectivity index (χ3v) is 6.53. The minimum absolute atomic E-state index is 0.0655. The summed E-state index contributed by atoms with van der Waals surface area (Å²) < 4.78 is 11.8. The van der Waals surface area contributed by atoms with Crippen LogP contribution in [0.5, 0.6) is 5.75 Å². The fourth-order valence-corrected chi connectivity index (χ4v) is 5.18. The molecule has 0 N–H and O–H groups in total. The molecule has 1 fully saturated rings. The molecule has 0 aliphatic carbocycles. The highest BCUT2D eigenvalue weighted by molar-refractivity contribution is 8.00. The number of carbonyl (C=O) groups is 2. The molecule has 160 valence electrons. The van der Waals surface area contributed by atoms with Crippen LogP contribution >= 0.6 is 11.8 Å². The molecule has 10 heteroatoms. The highest BCUT2D eigenvalue weighted by atomic mass is 32.2. The first kappa shape index (κ1) is 20.7. The number of piperazine rings is 1. The summed E-state index contributed by atoms with van der Waals surface area (Å²) in [5, 5.41) is 4.53. The smallest absolute Gasteiger partial charge is 0.409 e. The van der Waals surface area contributed by atoms with E-state index < -0.39 is 0 Å². The van der Waals surface area contributed by atoms with Crippen molar-refractivity contribution in [3.63, 3.8) is 0 Å². The Bertz CT molecular complexity index is 924. The van der Waals surface area contributed by atoms with Crippen LogP contribution in [0.1, 0.15) is 29.1 Å². The van der Waals surface area contributed by atoms with Crippen LogP contribution in [0.4, 0.5) is 4.79 Å². The maximum atomic E-state index is 13.2. The molecule has 9 nitrogen and oxygen atoms in total. The van der Waals surface area contributed by atoms with Crippen molar-refractivity contribution >= 4 is 23.8 Å². The molecule has 0 spiro atoms. The fraction of sp³-hybridized carbons (Fsp3) is 0.500. The molecular formula is C20H25N5O4S. The number of benzene rings is 1. The number of thioether (sulfide) groups is 1. The number of fused-ring (bicyclic) bond motifs is 1. The topological polar surface area (TPSA) is 89.8 Å². The fourth-order valence-electron chi connectivity index (χ4n) is 3.88. The van der Waals surface area contributed by atoms with Gasteiger partial charge in [0, 0.05) is 26.2 Å². The second-order valence-corrected chi connectivity index (χ2v) is 8.28. The number of methoxy groups -OCH3 is 1. The van der Waals surface area contributed by atoms with E-state index in [1.807, 2.05) is 24.3 Å². The Balaban J connectivity index is 1.58. The van der Waals surface area contributed by atoms with Crippen LogP contribution in [-0.4, -0.2) is 81.7 Å². The number of ether oxygens (including phenoxy) is 2. The van der Waals surface area contributed by atoms with Crippen LogP contribution in [0.2, 0.25) is 0 Å². The molecule has 0 radical (unpaired) electrons. The van der Waals surface area contributed by atoms with Gasteiger partial charge in [0.2, 0.25) is 0 Å². The maximum Gasteiger partial charge on any atom is 0.409 e. The van der Waals surface area contributed by atoms with E-state index in [2.05, 4.69) is 15.0 Å². The number of amides is 1. The molecule has 4 rings (SSSR count). The molecule has 1 amide bonds. The van der Waals surface area contributed by atoms with Crippen molar-refractivity contribution in [2.45, 2.75) is 30.3 Å². The van der Waals surface area contributed by atoms with Gasteiger partial charge < -0.3 is 14.4 Å². The van der Waals surface area contributed by atoms with E-state index in [-0.39, 0.29) is 23.3 Å². The minimum Gasteiger partial charge on any atom is -0.497 e. The van der Waals surface area contributed by atoms with Gasteiger partial charge in [0.05, 0.1) is 19.8 Å². The van der Waals surface area contributed by atoms with Gasteiger partial charge in [0.25, 0.3) is 5.91 Å². The summed E-state index contributed by atoms with van der Waals surface area (Å²) in [5.41, 5.74) is 1.02. The lowest BCUT2D eigenvalue weighted by molar-refractivity contribution is 0.0600. The van der Waals surface area contributed by atoms with E-state index in [0.717, 1.165) is 11.3 Å². The standard InChI is InChI=1S/C20H25N5O4S/c1-4-29-20(27)24-11-9-23(10-12-24)16(14-5-7-15(28-3)8-6-14)17-18(26)25-19(30-17)21-13(2)22-25/h5-8,16-17H,4,9-12H2,1-3H3. The first-order valence-corrected chi connectivity index (χ1v) is 10.8. The van der Waals surface area contributed by atoms with Crippen LogP contribution < -0.4 is 4.74 Å². The second kappa shape index (κ2) is 8.65. The Morgan fingerprint density at radius 1 is 1.23 bits per heavy atom. The van der Waals surface area contributed by atoms with Gasteiger partial charge in [0.15, 0.2) is 5.16 Å². The number of hydrogen-bond acceptors (Lipinski definition) is 8. The van der Waals surface area contributed by atoms with Crippen molar-refractivity contribution < 1.29 is 19.1 Å². The zero-order valence-electron chi connectivity index (χ0n) is 17.3. The van der Waals surface area contributed by atoms with Crippen molar-refractivity contribution in [1.82, 2.24) is 24.6 Å². The zero-order chi connectivity index (χ0) is 21.3. The van der Waals surface area contributed by atoms with Crippen molar-refractivity contribution in [2.24, 2.45) is 0 Å². The predicted octanol–water partition coefficient (Wildman–Crippen LogP) is 2.23. The lowest BCUT2D eigenvalue weighted by Gasteiger charge is -2.40. The number of aryl methyl sites for hydroxylation is 1. The molecule has 2 unspecified atom stereocenters. The van der Waals surface area contributed by atoms with Crippen LogP contribution in [0.3, 0.4) is 0 Å². The summed E-state index contributed by atoms with van der Waals surface area (Å²) in [6.07, 6.45) is -0.288. The number of carbonyl (C=O) groups excluding carboxylic acids is 2. The molecule has 2 aromatic rings. The highest BCUT2D eigenvalue weighted by Gasteiger charge is 2.43. The van der Waals surface area contributed by atoms with Crippen molar-refractivity contribution in [3.05, 3.63) is 35.7 Å². The largest absolute Gasteiger partial charge is 0.497 e. The molecule has 30 heavy (non-hydrogen) atoms. The number of rotatable bonds is 5. The molecule has 0 saturated carbocycles. The normalized spacial score (nSPS) is 20.2. The van der Waals surface area contributed by atoms with Crippen molar-refractivity contribution in [2.75, 3.05) is 39.9 Å². The summed E-state index contributed by atoms with van der Waals surface area (Å²) >= 11 is 1.45. The molecule has 1 aromatic heterocycles. The first-order valence-electron chi connectivity index (χ1n) is 9.96. The average molecular weight is 432 g/mol. The van der Waals surface area contributed by atoms with E-state index in [4.69, 9.17) is 9.47 Å². The molecule has 0 bridgehead atoms. The van der Waals surface area contributed by atoms with Gasteiger partial charge in [-0.15, -0.1) is 5.10 Å². The van der Waals surface area contributed by atoms with Gasteiger partial charge in [0.1, 0.15) is 16.8 Å². The van der Waals surface area contributed by atoms with E-state index in [9.17, 15) is 9.59 Å². The summed E-state index contributed by atoms with van der Waals surface area (Å²) in [7, 11) is 1.63. The van der Waals surface area contributed by atoms with Crippen LogP contribution in [0, 0.1) is 6.92 Å². The van der Waals surface area contributed by atoms with E-state index >= 15 is 0 Å². The average Bonchev–Trinajstić information content (AvgIpc) is 3.26. The zero-order valence-corrected chi connectivity index (χ0v) is 18.1. The Morgan fingerprint density at radius 2 is 1.93 bits per heavy atom.